The first kappa shape index (κ1) is 21.2. The number of aryl methyl sites for hydroxylation is 2. The average molecular weight is 394 g/mol. The molecular weight excluding hydrogens is 362 g/mol. The van der Waals surface area contributed by atoms with Gasteiger partial charge in [-0.05, 0) is 42.7 Å². The van der Waals surface area contributed by atoms with Crippen molar-refractivity contribution in [2.75, 3.05) is 13.1 Å². The summed E-state index contributed by atoms with van der Waals surface area (Å²) >= 11 is 0. The minimum Gasteiger partial charge on any atom is -0.337 e. The van der Waals surface area contributed by atoms with E-state index in [2.05, 4.69) is 55.0 Å². The molecule has 5 nitrogen and oxygen atoms in total. The molecule has 0 aliphatic carbocycles. The molecule has 1 saturated heterocycles. The van der Waals surface area contributed by atoms with Gasteiger partial charge in [-0.3, -0.25) is 9.59 Å². The molecule has 0 bridgehead atoms. The van der Waals surface area contributed by atoms with E-state index in [0.29, 0.717) is 31.6 Å². The van der Waals surface area contributed by atoms with E-state index in [1.807, 2.05) is 6.92 Å². The summed E-state index contributed by atoms with van der Waals surface area (Å²) in [5.41, 5.74) is 4.95. The van der Waals surface area contributed by atoms with Gasteiger partial charge in [0.05, 0.1) is 0 Å². The molecule has 0 atom stereocenters. The number of aromatic nitrogens is 2. The van der Waals surface area contributed by atoms with Gasteiger partial charge in [-0.25, -0.2) is 9.97 Å². The summed E-state index contributed by atoms with van der Waals surface area (Å²) in [6.45, 7) is 9.66. The molecule has 154 valence electrons. The Morgan fingerprint density at radius 2 is 1.76 bits per heavy atom. The number of amides is 1. The van der Waals surface area contributed by atoms with Crippen LogP contribution in [0.1, 0.15) is 72.9 Å². The quantitative estimate of drug-likeness (QED) is 0.786. The van der Waals surface area contributed by atoms with Crippen LogP contribution in [0.15, 0.2) is 30.6 Å². The van der Waals surface area contributed by atoms with Crippen LogP contribution in [0.3, 0.4) is 0 Å². The Morgan fingerprint density at radius 3 is 2.45 bits per heavy atom. The first-order valence-corrected chi connectivity index (χ1v) is 10.5. The van der Waals surface area contributed by atoms with E-state index in [4.69, 9.17) is 0 Å². The zero-order valence-corrected chi connectivity index (χ0v) is 18.0. The highest BCUT2D eigenvalue weighted by atomic mass is 16.2. The molecule has 1 aliphatic rings. The summed E-state index contributed by atoms with van der Waals surface area (Å²) in [4.78, 5) is 35.1. The number of nitrogens with zero attached hydrogens (tertiary/aromatic N) is 3. The van der Waals surface area contributed by atoms with Gasteiger partial charge in [0.1, 0.15) is 17.8 Å². The van der Waals surface area contributed by atoms with Crippen molar-refractivity contribution in [3.8, 4) is 0 Å². The van der Waals surface area contributed by atoms with Crippen molar-refractivity contribution in [1.29, 1.82) is 0 Å². The number of likely N-dealkylation sites (tertiary alicyclic amines) is 1. The van der Waals surface area contributed by atoms with Crippen LogP contribution >= 0.6 is 0 Å². The molecule has 2 heterocycles. The lowest BCUT2D eigenvalue weighted by atomic mass is 9.86. The van der Waals surface area contributed by atoms with Crippen LogP contribution < -0.4 is 0 Å². The number of benzene rings is 1. The van der Waals surface area contributed by atoms with Crippen molar-refractivity contribution < 1.29 is 9.59 Å². The lowest BCUT2D eigenvalue weighted by molar-refractivity contribution is -0.118. The third kappa shape index (κ3) is 5.28. The fraction of sp³-hybridized carbons (Fsp3) is 0.500. The molecular formula is C24H31N3O2. The van der Waals surface area contributed by atoms with Crippen LogP contribution in [-0.4, -0.2) is 39.6 Å². The van der Waals surface area contributed by atoms with E-state index in [1.54, 1.807) is 4.90 Å². The maximum atomic E-state index is 13.0. The monoisotopic (exact) mass is 393 g/mol. The molecule has 0 N–H and O–H groups in total. The molecule has 0 saturated carbocycles. The smallest absolute Gasteiger partial charge is 0.272 e. The van der Waals surface area contributed by atoms with Crippen molar-refractivity contribution in [3.05, 3.63) is 58.7 Å². The predicted molar refractivity (Wildman–Crippen MR) is 114 cm³/mol. The Bertz CT molecular complexity index is 882. The van der Waals surface area contributed by atoms with Gasteiger partial charge in [0.25, 0.3) is 5.91 Å². The summed E-state index contributed by atoms with van der Waals surface area (Å²) < 4.78 is 0. The number of carbonyl (C=O) groups excluding carboxylic acids is 2. The highest BCUT2D eigenvalue weighted by molar-refractivity contribution is 5.94. The van der Waals surface area contributed by atoms with E-state index in [9.17, 15) is 9.59 Å². The van der Waals surface area contributed by atoms with Gasteiger partial charge < -0.3 is 4.90 Å². The van der Waals surface area contributed by atoms with Crippen LogP contribution in [0.2, 0.25) is 0 Å². The second-order valence-electron chi connectivity index (χ2n) is 8.93. The fourth-order valence-corrected chi connectivity index (χ4v) is 3.70. The standard InChI is InChI=1S/C24H31N3O2/c1-17-21(12-9-18-7-10-19(11-8-18)24(2,3)4)25-16-26-22(17)23(29)27-14-5-6-20(28)13-15-27/h7-8,10-11,16H,5-6,9,12-15H2,1-4H3. The van der Waals surface area contributed by atoms with Crippen LogP contribution in [0.25, 0.3) is 0 Å². The SMILES string of the molecule is Cc1c(CCc2ccc(C(C)(C)C)cc2)ncnc1C(=O)N1CCCC(=O)CC1. The molecule has 0 radical (unpaired) electrons. The van der Waals surface area contributed by atoms with Gasteiger partial charge in [-0.1, -0.05) is 45.0 Å². The Labute approximate surface area is 173 Å². The molecule has 1 amide bonds. The Morgan fingerprint density at radius 1 is 1.03 bits per heavy atom. The Balaban J connectivity index is 1.70. The highest BCUT2D eigenvalue weighted by Gasteiger charge is 2.23. The molecule has 1 aromatic heterocycles. The van der Waals surface area contributed by atoms with E-state index in [-0.39, 0.29) is 17.1 Å². The van der Waals surface area contributed by atoms with Crippen molar-refractivity contribution in [2.45, 2.75) is 65.2 Å². The molecule has 1 aromatic carbocycles. The molecule has 3 rings (SSSR count). The molecule has 1 aliphatic heterocycles. The van der Waals surface area contributed by atoms with Gasteiger partial charge in [0.15, 0.2) is 0 Å². The summed E-state index contributed by atoms with van der Waals surface area (Å²) in [6, 6.07) is 8.74. The topological polar surface area (TPSA) is 63.2 Å². The molecule has 1 fully saturated rings. The van der Waals surface area contributed by atoms with E-state index >= 15 is 0 Å². The second-order valence-corrected chi connectivity index (χ2v) is 8.93. The van der Waals surface area contributed by atoms with E-state index in [1.165, 1.54) is 17.5 Å². The largest absolute Gasteiger partial charge is 0.337 e. The third-order valence-electron chi connectivity index (χ3n) is 5.69. The third-order valence-corrected chi connectivity index (χ3v) is 5.69. The molecule has 5 heteroatoms. The summed E-state index contributed by atoms with van der Waals surface area (Å²) in [5, 5.41) is 0. The van der Waals surface area contributed by atoms with Crippen molar-refractivity contribution in [3.63, 3.8) is 0 Å². The van der Waals surface area contributed by atoms with Crippen LogP contribution in [0, 0.1) is 6.92 Å². The van der Waals surface area contributed by atoms with Crippen molar-refractivity contribution in [2.24, 2.45) is 0 Å². The van der Waals surface area contributed by atoms with Crippen LogP contribution in [0.4, 0.5) is 0 Å². The highest BCUT2D eigenvalue weighted by Crippen LogP contribution is 2.23. The zero-order chi connectivity index (χ0) is 21.0. The van der Waals surface area contributed by atoms with Crippen LogP contribution in [0.5, 0.6) is 0 Å². The summed E-state index contributed by atoms with van der Waals surface area (Å²) in [6.07, 6.45) is 4.85. The number of ketones is 1. The van der Waals surface area contributed by atoms with Gasteiger partial charge in [-0.2, -0.15) is 0 Å². The molecule has 2 aromatic rings. The van der Waals surface area contributed by atoms with E-state index in [0.717, 1.165) is 30.5 Å². The molecule has 0 spiro atoms. The first-order chi connectivity index (χ1) is 13.8. The number of hydrogen-bond donors (Lipinski definition) is 0. The molecule has 29 heavy (non-hydrogen) atoms. The van der Waals surface area contributed by atoms with Crippen molar-refractivity contribution in [1.82, 2.24) is 14.9 Å². The molecule has 0 unspecified atom stereocenters. The fourth-order valence-electron chi connectivity index (χ4n) is 3.70. The first-order valence-electron chi connectivity index (χ1n) is 10.5. The maximum Gasteiger partial charge on any atom is 0.272 e. The lowest BCUT2D eigenvalue weighted by Gasteiger charge is -2.21. The minimum absolute atomic E-state index is 0.0876. The Kier molecular flexibility index (Phi) is 6.46. The maximum absolute atomic E-state index is 13.0. The van der Waals surface area contributed by atoms with E-state index < -0.39 is 0 Å². The normalized spacial score (nSPS) is 15.3. The predicted octanol–water partition coefficient (Wildman–Crippen LogP) is 4.06. The minimum atomic E-state index is -0.0876. The Hall–Kier alpha value is -2.56. The van der Waals surface area contributed by atoms with Gasteiger partial charge in [0, 0.05) is 37.2 Å². The average Bonchev–Trinajstić information content (AvgIpc) is 2.91. The lowest BCUT2D eigenvalue weighted by Crippen LogP contribution is -2.33. The number of rotatable bonds is 4. The summed E-state index contributed by atoms with van der Waals surface area (Å²) in [5.74, 6) is 0.147. The van der Waals surface area contributed by atoms with Crippen LogP contribution in [-0.2, 0) is 23.1 Å². The number of carbonyl (C=O) groups is 2. The number of hydrogen-bond acceptors (Lipinski definition) is 4. The van der Waals surface area contributed by atoms with Gasteiger partial charge in [-0.15, -0.1) is 0 Å². The summed E-state index contributed by atoms with van der Waals surface area (Å²) in [7, 11) is 0. The second kappa shape index (κ2) is 8.85. The van der Waals surface area contributed by atoms with Crippen molar-refractivity contribution >= 4 is 11.7 Å². The van der Waals surface area contributed by atoms with Gasteiger partial charge in [0.2, 0.25) is 0 Å². The number of Topliss-reactive ketones (excluding diaryl/α,β-unsaturated/α-hetero) is 1. The zero-order valence-electron chi connectivity index (χ0n) is 18.0. The van der Waals surface area contributed by atoms with Gasteiger partial charge >= 0.3 is 0 Å².